The molecule has 0 bridgehead atoms. The van der Waals surface area contributed by atoms with Crippen LogP contribution in [0.5, 0.6) is 0 Å². The lowest BCUT2D eigenvalue weighted by atomic mass is 9.98. The van der Waals surface area contributed by atoms with E-state index in [0.29, 0.717) is 6.04 Å². The maximum Gasteiger partial charge on any atom is 0.0541 e. The highest BCUT2D eigenvalue weighted by Gasteiger charge is 2.13. The van der Waals surface area contributed by atoms with Gasteiger partial charge < -0.3 is 5.32 Å². The molecule has 0 spiro atoms. The Labute approximate surface area is 133 Å². The van der Waals surface area contributed by atoms with Crippen LogP contribution in [0.15, 0.2) is 29.2 Å². The molecule has 0 saturated heterocycles. The second-order valence-corrected chi connectivity index (χ2v) is 6.99. The molecule has 0 aliphatic heterocycles. The largest absolute Gasteiger partial charge is 0.313 e. The van der Waals surface area contributed by atoms with Crippen molar-refractivity contribution in [3.05, 3.63) is 29.3 Å². The van der Waals surface area contributed by atoms with Crippen molar-refractivity contribution >= 4 is 23.4 Å². The van der Waals surface area contributed by atoms with Gasteiger partial charge in [-0.15, -0.1) is 11.8 Å². The third-order valence-electron chi connectivity index (χ3n) is 3.43. The summed E-state index contributed by atoms with van der Waals surface area (Å²) in [7, 11) is 0. The van der Waals surface area contributed by atoms with Gasteiger partial charge in [0.25, 0.3) is 0 Å². The minimum absolute atomic E-state index is 0.581. The van der Waals surface area contributed by atoms with Crippen LogP contribution in [0.3, 0.4) is 0 Å². The molecule has 20 heavy (non-hydrogen) atoms. The summed E-state index contributed by atoms with van der Waals surface area (Å²) in [6.45, 7) is 7.96. The van der Waals surface area contributed by atoms with Crippen molar-refractivity contribution in [1.82, 2.24) is 5.32 Å². The quantitative estimate of drug-likeness (QED) is 0.562. The summed E-state index contributed by atoms with van der Waals surface area (Å²) in [4.78, 5) is 1.20. The van der Waals surface area contributed by atoms with Gasteiger partial charge in [-0.05, 0) is 37.4 Å². The van der Waals surface area contributed by atoms with Gasteiger partial charge in [0.1, 0.15) is 0 Å². The minimum Gasteiger partial charge on any atom is -0.313 e. The number of rotatable bonds is 10. The van der Waals surface area contributed by atoms with Crippen molar-refractivity contribution in [1.29, 1.82) is 0 Å². The maximum absolute atomic E-state index is 6.23. The molecule has 1 nitrogen and oxygen atoms in total. The van der Waals surface area contributed by atoms with E-state index < -0.39 is 0 Å². The van der Waals surface area contributed by atoms with Gasteiger partial charge in [-0.25, -0.2) is 0 Å². The lowest BCUT2D eigenvalue weighted by Gasteiger charge is -2.22. The third-order valence-corrected chi connectivity index (χ3v) is 5.11. The lowest BCUT2D eigenvalue weighted by molar-refractivity contribution is 0.404. The maximum atomic E-state index is 6.23. The van der Waals surface area contributed by atoms with E-state index in [2.05, 4.69) is 38.2 Å². The fourth-order valence-corrected chi connectivity index (χ4v) is 3.72. The summed E-state index contributed by atoms with van der Waals surface area (Å²) in [5.41, 5.74) is 0. The Kier molecular flexibility index (Phi) is 9.41. The fraction of sp³-hybridized carbons (Fsp3) is 0.647. The third kappa shape index (κ3) is 7.01. The number of thioether (sulfide) groups is 1. The summed E-state index contributed by atoms with van der Waals surface area (Å²) < 4.78 is 0. The first-order chi connectivity index (χ1) is 9.67. The molecule has 2 atom stereocenters. The highest BCUT2D eigenvalue weighted by atomic mass is 35.5. The first-order valence-corrected chi connectivity index (χ1v) is 9.14. The summed E-state index contributed by atoms with van der Waals surface area (Å²) >= 11 is 8.10. The van der Waals surface area contributed by atoms with E-state index in [9.17, 15) is 0 Å². The van der Waals surface area contributed by atoms with Crippen molar-refractivity contribution in [2.75, 3.05) is 12.3 Å². The van der Waals surface area contributed by atoms with E-state index in [-0.39, 0.29) is 0 Å². The molecule has 0 radical (unpaired) electrons. The molecule has 0 aliphatic rings. The highest BCUT2D eigenvalue weighted by Crippen LogP contribution is 2.28. The first kappa shape index (κ1) is 17.9. The summed E-state index contributed by atoms with van der Waals surface area (Å²) in [6.07, 6.45) is 5.04. The van der Waals surface area contributed by atoms with E-state index in [1.165, 1.54) is 30.6 Å². The number of hydrogen-bond acceptors (Lipinski definition) is 2. The average molecular weight is 314 g/mol. The Morgan fingerprint density at radius 2 is 1.95 bits per heavy atom. The van der Waals surface area contributed by atoms with Crippen LogP contribution in [-0.2, 0) is 0 Å². The van der Waals surface area contributed by atoms with Crippen LogP contribution in [0.2, 0.25) is 5.02 Å². The molecular weight excluding hydrogens is 286 g/mol. The molecule has 0 aromatic heterocycles. The van der Waals surface area contributed by atoms with E-state index in [0.717, 1.165) is 23.2 Å². The van der Waals surface area contributed by atoms with E-state index in [4.69, 9.17) is 11.6 Å². The van der Waals surface area contributed by atoms with Crippen molar-refractivity contribution in [2.24, 2.45) is 5.92 Å². The molecular formula is C17H28ClNS. The predicted octanol–water partition coefficient (Wildman–Crippen LogP) is 5.63. The minimum atomic E-state index is 0.581. The summed E-state index contributed by atoms with van der Waals surface area (Å²) in [6, 6.07) is 8.71. The van der Waals surface area contributed by atoms with Gasteiger partial charge >= 0.3 is 0 Å². The standard InChI is InChI=1S/C17H28ClNS/c1-4-8-14(3)12-15(19-11-5-2)13-20-17-10-7-6-9-16(17)18/h6-7,9-10,14-15,19H,4-5,8,11-13H2,1-3H3. The average Bonchev–Trinajstić information content (AvgIpc) is 2.43. The van der Waals surface area contributed by atoms with E-state index in [1.54, 1.807) is 0 Å². The molecule has 1 aromatic carbocycles. The van der Waals surface area contributed by atoms with Gasteiger partial charge in [0, 0.05) is 16.7 Å². The summed E-state index contributed by atoms with van der Waals surface area (Å²) in [5, 5.41) is 4.55. The molecule has 1 N–H and O–H groups in total. The topological polar surface area (TPSA) is 12.0 Å². The molecule has 0 heterocycles. The molecule has 1 aromatic rings. The number of halogens is 1. The zero-order valence-electron chi connectivity index (χ0n) is 13.0. The van der Waals surface area contributed by atoms with Crippen LogP contribution in [0.25, 0.3) is 0 Å². The molecule has 0 amide bonds. The Balaban J connectivity index is 2.49. The van der Waals surface area contributed by atoms with Crippen LogP contribution in [0.1, 0.15) is 46.5 Å². The predicted molar refractivity (Wildman–Crippen MR) is 92.9 cm³/mol. The van der Waals surface area contributed by atoms with Gasteiger partial charge in [0.15, 0.2) is 0 Å². The molecule has 3 heteroatoms. The van der Waals surface area contributed by atoms with Gasteiger partial charge in [-0.1, -0.05) is 57.3 Å². The Morgan fingerprint density at radius 1 is 1.20 bits per heavy atom. The van der Waals surface area contributed by atoms with Crippen molar-refractivity contribution in [2.45, 2.75) is 57.4 Å². The van der Waals surface area contributed by atoms with Crippen molar-refractivity contribution in [3.63, 3.8) is 0 Å². The molecule has 0 aliphatic carbocycles. The lowest BCUT2D eigenvalue weighted by Crippen LogP contribution is -2.33. The van der Waals surface area contributed by atoms with Crippen LogP contribution in [0.4, 0.5) is 0 Å². The molecule has 0 fully saturated rings. The van der Waals surface area contributed by atoms with Gasteiger partial charge in [0.2, 0.25) is 0 Å². The molecule has 114 valence electrons. The fourth-order valence-electron chi connectivity index (χ4n) is 2.41. The van der Waals surface area contributed by atoms with Crippen LogP contribution in [-0.4, -0.2) is 18.3 Å². The van der Waals surface area contributed by atoms with Crippen molar-refractivity contribution < 1.29 is 0 Å². The molecule has 1 rings (SSSR count). The van der Waals surface area contributed by atoms with E-state index >= 15 is 0 Å². The zero-order chi connectivity index (χ0) is 14.8. The van der Waals surface area contributed by atoms with Gasteiger partial charge in [-0.2, -0.15) is 0 Å². The number of benzene rings is 1. The zero-order valence-corrected chi connectivity index (χ0v) is 14.6. The van der Waals surface area contributed by atoms with Crippen molar-refractivity contribution in [3.8, 4) is 0 Å². The first-order valence-electron chi connectivity index (χ1n) is 7.78. The molecule has 0 saturated carbocycles. The number of nitrogens with one attached hydrogen (secondary N) is 1. The Bertz CT molecular complexity index is 370. The second-order valence-electron chi connectivity index (χ2n) is 5.52. The smallest absolute Gasteiger partial charge is 0.0541 e. The van der Waals surface area contributed by atoms with Gasteiger partial charge in [-0.3, -0.25) is 0 Å². The monoisotopic (exact) mass is 313 g/mol. The highest BCUT2D eigenvalue weighted by molar-refractivity contribution is 7.99. The number of hydrogen-bond donors (Lipinski definition) is 1. The SMILES string of the molecule is CCCNC(CSc1ccccc1Cl)CC(C)CCC. The second kappa shape index (κ2) is 10.5. The van der Waals surface area contributed by atoms with Gasteiger partial charge in [0.05, 0.1) is 5.02 Å². The van der Waals surface area contributed by atoms with Crippen LogP contribution < -0.4 is 5.32 Å². The normalized spacial score (nSPS) is 14.2. The van der Waals surface area contributed by atoms with Crippen LogP contribution >= 0.6 is 23.4 Å². The van der Waals surface area contributed by atoms with E-state index in [1.807, 2.05) is 23.9 Å². The Hall–Kier alpha value is -0.180. The summed E-state index contributed by atoms with van der Waals surface area (Å²) in [5.74, 6) is 1.89. The van der Waals surface area contributed by atoms with Crippen LogP contribution in [0, 0.1) is 5.92 Å². The Morgan fingerprint density at radius 3 is 2.60 bits per heavy atom. The molecule has 2 unspecified atom stereocenters.